The molecule has 0 aliphatic carbocycles. The fraction of sp³-hybridized carbons (Fsp3) is 0.286. The zero-order chi connectivity index (χ0) is 26.4. The standard InChI is InChI=1S/C28H31N3O5S/c1-21(2)17-31-24(16-29-28(31)37(33,34)20-22-8-5-4-6-9-22)18-30(19-26-10-7-15-36-26)27(32)23-11-13-25(35-3)14-12-23/h4-16,21H,17-20H2,1-3H3. The smallest absolute Gasteiger partial charge is 0.254 e. The normalized spacial score (nSPS) is 11.6. The van der Waals surface area contributed by atoms with Crippen LogP contribution in [0.4, 0.5) is 0 Å². The number of benzene rings is 2. The maximum absolute atomic E-state index is 13.5. The molecule has 2 heterocycles. The monoisotopic (exact) mass is 521 g/mol. The van der Waals surface area contributed by atoms with Gasteiger partial charge in [0, 0.05) is 12.1 Å². The molecule has 0 atom stereocenters. The van der Waals surface area contributed by atoms with E-state index in [-0.39, 0.29) is 35.8 Å². The van der Waals surface area contributed by atoms with Crippen LogP contribution in [0, 0.1) is 5.92 Å². The minimum absolute atomic E-state index is 0.00916. The van der Waals surface area contributed by atoms with Crippen molar-refractivity contribution in [3.05, 3.63) is 102 Å². The number of carbonyl (C=O) groups excluding carboxylic acids is 1. The summed E-state index contributed by atoms with van der Waals surface area (Å²) in [6.07, 6.45) is 3.11. The molecule has 0 N–H and O–H groups in total. The Labute approximate surface area is 217 Å². The van der Waals surface area contributed by atoms with Crippen LogP contribution >= 0.6 is 0 Å². The zero-order valence-electron chi connectivity index (χ0n) is 21.2. The Balaban J connectivity index is 1.68. The molecule has 0 spiro atoms. The van der Waals surface area contributed by atoms with Crippen LogP contribution in [0.25, 0.3) is 0 Å². The Hall–Kier alpha value is -3.85. The van der Waals surface area contributed by atoms with Crippen LogP contribution in [0.1, 0.15) is 41.2 Å². The van der Waals surface area contributed by atoms with E-state index in [0.29, 0.717) is 34.9 Å². The number of rotatable bonds is 11. The van der Waals surface area contributed by atoms with Crippen molar-refractivity contribution in [3.8, 4) is 5.75 Å². The van der Waals surface area contributed by atoms with E-state index < -0.39 is 9.84 Å². The van der Waals surface area contributed by atoms with Gasteiger partial charge in [0.2, 0.25) is 15.0 Å². The predicted molar refractivity (Wildman–Crippen MR) is 140 cm³/mol. The topological polar surface area (TPSA) is 94.6 Å². The molecule has 0 bridgehead atoms. The summed E-state index contributed by atoms with van der Waals surface area (Å²) in [5.41, 5.74) is 1.81. The van der Waals surface area contributed by atoms with Crippen LogP contribution < -0.4 is 4.74 Å². The summed E-state index contributed by atoms with van der Waals surface area (Å²) in [6, 6.07) is 19.5. The van der Waals surface area contributed by atoms with E-state index in [1.165, 1.54) is 0 Å². The van der Waals surface area contributed by atoms with Crippen molar-refractivity contribution in [3.63, 3.8) is 0 Å². The van der Waals surface area contributed by atoms with Crippen LogP contribution in [-0.2, 0) is 35.2 Å². The first-order valence-corrected chi connectivity index (χ1v) is 13.7. The van der Waals surface area contributed by atoms with Crippen molar-refractivity contribution in [1.29, 1.82) is 0 Å². The third-order valence-corrected chi connectivity index (χ3v) is 7.43. The van der Waals surface area contributed by atoms with Gasteiger partial charge in [-0.3, -0.25) is 4.79 Å². The van der Waals surface area contributed by atoms with Gasteiger partial charge in [-0.25, -0.2) is 13.4 Å². The lowest BCUT2D eigenvalue weighted by molar-refractivity contribution is 0.0712. The minimum Gasteiger partial charge on any atom is -0.497 e. The average molecular weight is 522 g/mol. The Morgan fingerprint density at radius 3 is 2.38 bits per heavy atom. The summed E-state index contributed by atoms with van der Waals surface area (Å²) in [5, 5.41) is 0.00916. The highest BCUT2D eigenvalue weighted by atomic mass is 32.2. The van der Waals surface area contributed by atoms with Crippen molar-refractivity contribution in [1.82, 2.24) is 14.5 Å². The minimum atomic E-state index is -3.72. The first-order valence-electron chi connectivity index (χ1n) is 12.0. The largest absolute Gasteiger partial charge is 0.497 e. The second kappa shape index (κ2) is 11.5. The van der Waals surface area contributed by atoms with Crippen LogP contribution in [0.15, 0.2) is 88.8 Å². The molecule has 0 radical (unpaired) electrons. The highest BCUT2D eigenvalue weighted by molar-refractivity contribution is 7.90. The average Bonchev–Trinajstić information content (AvgIpc) is 3.54. The summed E-state index contributed by atoms with van der Waals surface area (Å²) in [6.45, 7) is 4.86. The van der Waals surface area contributed by atoms with Gasteiger partial charge in [0.1, 0.15) is 11.5 Å². The van der Waals surface area contributed by atoms with Gasteiger partial charge >= 0.3 is 0 Å². The van der Waals surface area contributed by atoms with E-state index in [1.54, 1.807) is 77.6 Å². The molecule has 0 aliphatic heterocycles. The molecule has 2 aromatic heterocycles. The second-order valence-electron chi connectivity index (χ2n) is 9.25. The van der Waals surface area contributed by atoms with Gasteiger partial charge in [-0.05, 0) is 47.9 Å². The van der Waals surface area contributed by atoms with E-state index >= 15 is 0 Å². The van der Waals surface area contributed by atoms with Crippen molar-refractivity contribution in [2.24, 2.45) is 5.92 Å². The molecule has 0 fully saturated rings. The maximum atomic E-state index is 13.5. The molecule has 1 amide bonds. The predicted octanol–water partition coefficient (Wildman–Crippen LogP) is 4.96. The molecule has 194 valence electrons. The SMILES string of the molecule is COc1ccc(C(=O)N(Cc2ccco2)Cc2cnc(S(=O)(=O)Cc3ccccc3)n2CC(C)C)cc1. The Morgan fingerprint density at radius 2 is 1.76 bits per heavy atom. The molecule has 8 nitrogen and oxygen atoms in total. The lowest BCUT2D eigenvalue weighted by atomic mass is 10.1. The summed E-state index contributed by atoms with van der Waals surface area (Å²) in [4.78, 5) is 19.5. The molecule has 37 heavy (non-hydrogen) atoms. The quantitative estimate of drug-likeness (QED) is 0.277. The van der Waals surface area contributed by atoms with Gasteiger partial charge in [0.25, 0.3) is 5.91 Å². The van der Waals surface area contributed by atoms with Crippen molar-refractivity contribution in [2.45, 2.75) is 44.4 Å². The summed E-state index contributed by atoms with van der Waals surface area (Å²) in [5.74, 6) is 1.06. The third kappa shape index (κ3) is 6.48. The molecular weight excluding hydrogens is 490 g/mol. The van der Waals surface area contributed by atoms with E-state index in [1.807, 2.05) is 32.0 Å². The van der Waals surface area contributed by atoms with Crippen LogP contribution in [-0.4, -0.2) is 35.9 Å². The number of sulfone groups is 1. The molecule has 0 aliphatic rings. The lowest BCUT2D eigenvalue weighted by Crippen LogP contribution is -2.31. The molecule has 4 rings (SSSR count). The Morgan fingerprint density at radius 1 is 1.03 bits per heavy atom. The van der Waals surface area contributed by atoms with Gasteiger partial charge in [0.05, 0.1) is 44.1 Å². The highest BCUT2D eigenvalue weighted by Gasteiger charge is 2.27. The third-order valence-electron chi connectivity index (χ3n) is 5.83. The fourth-order valence-corrected chi connectivity index (χ4v) is 5.59. The molecule has 0 saturated carbocycles. The summed E-state index contributed by atoms with van der Waals surface area (Å²) >= 11 is 0. The Bertz CT molecular complexity index is 1410. The molecule has 0 saturated heterocycles. The number of hydrogen-bond donors (Lipinski definition) is 0. The molecule has 0 unspecified atom stereocenters. The molecule has 2 aromatic carbocycles. The molecule has 4 aromatic rings. The number of hydrogen-bond acceptors (Lipinski definition) is 6. The van der Waals surface area contributed by atoms with Gasteiger partial charge < -0.3 is 18.6 Å². The highest BCUT2D eigenvalue weighted by Crippen LogP contribution is 2.22. The summed E-state index contributed by atoms with van der Waals surface area (Å²) < 4.78 is 39.2. The Kier molecular flexibility index (Phi) is 8.13. The maximum Gasteiger partial charge on any atom is 0.254 e. The van der Waals surface area contributed by atoms with E-state index in [4.69, 9.17) is 9.15 Å². The van der Waals surface area contributed by atoms with Crippen molar-refractivity contribution in [2.75, 3.05) is 7.11 Å². The van der Waals surface area contributed by atoms with E-state index in [0.717, 1.165) is 0 Å². The fourth-order valence-electron chi connectivity index (χ4n) is 4.09. The number of imidazole rings is 1. The first-order chi connectivity index (χ1) is 17.8. The van der Waals surface area contributed by atoms with Crippen LogP contribution in [0.2, 0.25) is 0 Å². The van der Waals surface area contributed by atoms with E-state index in [9.17, 15) is 13.2 Å². The van der Waals surface area contributed by atoms with Crippen molar-refractivity contribution >= 4 is 15.7 Å². The molecule has 9 heteroatoms. The molecular formula is C28H31N3O5S. The van der Waals surface area contributed by atoms with Crippen LogP contribution in [0.3, 0.4) is 0 Å². The van der Waals surface area contributed by atoms with Gasteiger partial charge in [-0.1, -0.05) is 44.2 Å². The van der Waals surface area contributed by atoms with Gasteiger partial charge in [-0.15, -0.1) is 0 Å². The van der Waals surface area contributed by atoms with Gasteiger partial charge in [0.15, 0.2) is 0 Å². The zero-order valence-corrected chi connectivity index (χ0v) is 22.0. The second-order valence-corrected chi connectivity index (χ2v) is 11.1. The first kappa shape index (κ1) is 26.2. The number of methoxy groups -OCH3 is 1. The summed E-state index contributed by atoms with van der Waals surface area (Å²) in [7, 11) is -2.15. The number of ether oxygens (including phenoxy) is 1. The number of amides is 1. The van der Waals surface area contributed by atoms with E-state index in [2.05, 4.69) is 4.98 Å². The van der Waals surface area contributed by atoms with Crippen LogP contribution in [0.5, 0.6) is 5.75 Å². The lowest BCUT2D eigenvalue weighted by Gasteiger charge is -2.23. The van der Waals surface area contributed by atoms with Gasteiger partial charge in [-0.2, -0.15) is 0 Å². The number of aromatic nitrogens is 2. The number of nitrogens with zero attached hydrogens (tertiary/aromatic N) is 3. The van der Waals surface area contributed by atoms with Crippen molar-refractivity contribution < 1.29 is 22.4 Å². The number of carbonyl (C=O) groups is 1. The number of furan rings is 1.